The number of hydrogen-bond acceptors (Lipinski definition) is 5. The molecule has 2 N–H and O–H groups in total. The highest BCUT2D eigenvalue weighted by atomic mass is 35.5. The topological polar surface area (TPSA) is 91.0 Å². The van der Waals surface area contributed by atoms with E-state index in [4.69, 9.17) is 16.0 Å². The molecule has 0 radical (unpaired) electrons. The largest absolute Gasteiger partial charge is 0.508 e. The minimum absolute atomic E-state index is 0.0161. The van der Waals surface area contributed by atoms with Crippen molar-refractivity contribution in [2.75, 3.05) is 0 Å². The second-order valence-electron chi connectivity index (χ2n) is 6.61. The highest BCUT2D eigenvalue weighted by Gasteiger charge is 2.46. The van der Waals surface area contributed by atoms with Gasteiger partial charge < -0.3 is 19.5 Å². The van der Waals surface area contributed by atoms with Gasteiger partial charge in [-0.2, -0.15) is 0 Å². The highest BCUT2D eigenvalue weighted by molar-refractivity contribution is 6.46. The smallest absolute Gasteiger partial charge is 0.296 e. The Balaban J connectivity index is 1.87. The molecular formula is C22H16ClNO5. The third kappa shape index (κ3) is 3.50. The number of ketones is 1. The molecule has 3 aromatic rings. The number of hydrogen-bond donors (Lipinski definition) is 2. The van der Waals surface area contributed by atoms with Gasteiger partial charge in [-0.3, -0.25) is 9.59 Å². The number of carbonyl (C=O) groups is 2. The summed E-state index contributed by atoms with van der Waals surface area (Å²) in [5.41, 5.74) is 0.788. The minimum Gasteiger partial charge on any atom is -0.508 e. The van der Waals surface area contributed by atoms with Crippen LogP contribution in [0.15, 0.2) is 76.9 Å². The standard InChI is InChI=1S/C22H16ClNO5/c23-15-8-6-13(7-9-15)20(26)18-19(14-3-1-4-16(25)11-14)24(22(28)21(18)27)12-17-5-2-10-29-17/h1-11,19,25-26H,12H2/b20-18+. The molecule has 0 bridgehead atoms. The number of furan rings is 1. The number of amides is 1. The first-order valence-corrected chi connectivity index (χ1v) is 9.19. The summed E-state index contributed by atoms with van der Waals surface area (Å²) in [5.74, 6) is -1.40. The molecule has 2 aromatic carbocycles. The van der Waals surface area contributed by atoms with Crippen LogP contribution < -0.4 is 0 Å². The Kier molecular flexibility index (Phi) is 4.86. The van der Waals surface area contributed by atoms with Crippen LogP contribution in [0.25, 0.3) is 5.76 Å². The lowest BCUT2D eigenvalue weighted by atomic mass is 9.95. The van der Waals surface area contributed by atoms with Gasteiger partial charge in [0.1, 0.15) is 17.3 Å². The number of Topliss-reactive ketones (excluding diaryl/α,β-unsaturated/α-hetero) is 1. The van der Waals surface area contributed by atoms with Gasteiger partial charge in [-0.1, -0.05) is 23.7 Å². The monoisotopic (exact) mass is 409 g/mol. The number of aliphatic hydroxyl groups excluding tert-OH is 1. The number of carbonyl (C=O) groups excluding carboxylic acids is 2. The van der Waals surface area contributed by atoms with Gasteiger partial charge in [-0.25, -0.2) is 0 Å². The van der Waals surface area contributed by atoms with Crippen LogP contribution in [0.4, 0.5) is 0 Å². The van der Waals surface area contributed by atoms with Crippen LogP contribution in [0.3, 0.4) is 0 Å². The van der Waals surface area contributed by atoms with Crippen molar-refractivity contribution in [3.8, 4) is 5.75 Å². The molecule has 1 aliphatic heterocycles. The van der Waals surface area contributed by atoms with Crippen LogP contribution in [0.1, 0.15) is 22.9 Å². The van der Waals surface area contributed by atoms with E-state index in [1.807, 2.05) is 0 Å². The summed E-state index contributed by atoms with van der Waals surface area (Å²) in [5, 5.41) is 21.3. The van der Waals surface area contributed by atoms with Gasteiger partial charge in [0.2, 0.25) is 0 Å². The number of benzene rings is 2. The molecule has 1 saturated heterocycles. The van der Waals surface area contributed by atoms with Gasteiger partial charge in [0, 0.05) is 10.6 Å². The summed E-state index contributed by atoms with van der Waals surface area (Å²) in [6.07, 6.45) is 1.48. The van der Waals surface area contributed by atoms with Crippen molar-refractivity contribution in [2.45, 2.75) is 12.6 Å². The summed E-state index contributed by atoms with van der Waals surface area (Å²) in [6, 6.07) is 15.0. The van der Waals surface area contributed by atoms with Crippen LogP contribution in [-0.4, -0.2) is 26.8 Å². The van der Waals surface area contributed by atoms with E-state index in [2.05, 4.69) is 0 Å². The van der Waals surface area contributed by atoms with E-state index >= 15 is 0 Å². The summed E-state index contributed by atoms with van der Waals surface area (Å²) in [7, 11) is 0. The first kappa shape index (κ1) is 18.8. The lowest BCUT2D eigenvalue weighted by Gasteiger charge is -2.24. The minimum atomic E-state index is -0.886. The second-order valence-corrected chi connectivity index (χ2v) is 7.04. The Hall–Kier alpha value is -3.51. The molecule has 1 fully saturated rings. The molecule has 6 nitrogen and oxygen atoms in total. The lowest BCUT2D eigenvalue weighted by molar-refractivity contribution is -0.140. The lowest BCUT2D eigenvalue weighted by Crippen LogP contribution is -2.29. The summed E-state index contributed by atoms with van der Waals surface area (Å²) in [4.78, 5) is 27.0. The Bertz CT molecular complexity index is 1100. The molecule has 0 spiro atoms. The molecule has 1 amide bonds. The number of phenolic OH excluding ortho intramolecular Hbond substituents is 1. The van der Waals surface area contributed by atoms with Crippen molar-refractivity contribution >= 4 is 29.1 Å². The van der Waals surface area contributed by atoms with Crippen molar-refractivity contribution < 1.29 is 24.2 Å². The van der Waals surface area contributed by atoms with E-state index in [1.54, 1.807) is 48.5 Å². The fourth-order valence-electron chi connectivity index (χ4n) is 3.42. The average molecular weight is 410 g/mol. The second kappa shape index (κ2) is 7.48. The number of aromatic hydroxyl groups is 1. The maximum atomic E-state index is 12.9. The molecule has 1 aliphatic rings. The molecule has 146 valence electrons. The number of nitrogens with zero attached hydrogens (tertiary/aromatic N) is 1. The zero-order valence-electron chi connectivity index (χ0n) is 15.1. The van der Waals surface area contributed by atoms with Crippen LogP contribution in [0.2, 0.25) is 5.02 Å². The van der Waals surface area contributed by atoms with Gasteiger partial charge in [0.05, 0.1) is 24.4 Å². The quantitative estimate of drug-likeness (QED) is 0.381. The average Bonchev–Trinajstić information content (AvgIpc) is 3.30. The number of halogens is 1. The predicted molar refractivity (Wildman–Crippen MR) is 106 cm³/mol. The van der Waals surface area contributed by atoms with E-state index in [0.717, 1.165) is 0 Å². The molecule has 4 rings (SSSR count). The zero-order chi connectivity index (χ0) is 20.5. The number of rotatable bonds is 4. The van der Waals surface area contributed by atoms with E-state index in [1.165, 1.54) is 23.3 Å². The fraction of sp³-hybridized carbons (Fsp3) is 0.0909. The Morgan fingerprint density at radius 3 is 2.48 bits per heavy atom. The van der Waals surface area contributed by atoms with Crippen LogP contribution >= 0.6 is 11.6 Å². The van der Waals surface area contributed by atoms with Crippen molar-refractivity contribution in [1.29, 1.82) is 0 Å². The van der Waals surface area contributed by atoms with Gasteiger partial charge in [0.25, 0.3) is 11.7 Å². The maximum Gasteiger partial charge on any atom is 0.296 e. The van der Waals surface area contributed by atoms with Gasteiger partial charge in [-0.15, -0.1) is 0 Å². The fourth-order valence-corrected chi connectivity index (χ4v) is 3.54. The summed E-state index contributed by atoms with van der Waals surface area (Å²) < 4.78 is 5.33. The van der Waals surface area contributed by atoms with E-state index in [0.29, 0.717) is 21.9 Å². The third-order valence-electron chi connectivity index (χ3n) is 4.75. The first-order chi connectivity index (χ1) is 14.0. The molecule has 0 aliphatic carbocycles. The summed E-state index contributed by atoms with van der Waals surface area (Å²) in [6.45, 7) is 0.0370. The van der Waals surface area contributed by atoms with Crippen LogP contribution in [0, 0.1) is 0 Å². The van der Waals surface area contributed by atoms with Crippen molar-refractivity contribution in [3.63, 3.8) is 0 Å². The highest BCUT2D eigenvalue weighted by Crippen LogP contribution is 2.41. The van der Waals surface area contributed by atoms with Gasteiger partial charge >= 0.3 is 0 Å². The van der Waals surface area contributed by atoms with Crippen molar-refractivity contribution in [2.24, 2.45) is 0 Å². The predicted octanol–water partition coefficient (Wildman–Crippen LogP) is 4.26. The number of likely N-dealkylation sites (tertiary alicyclic amines) is 1. The van der Waals surface area contributed by atoms with E-state index in [9.17, 15) is 19.8 Å². The Morgan fingerprint density at radius 2 is 1.83 bits per heavy atom. The summed E-state index contributed by atoms with van der Waals surface area (Å²) >= 11 is 5.91. The Labute approximate surface area is 171 Å². The first-order valence-electron chi connectivity index (χ1n) is 8.81. The van der Waals surface area contributed by atoms with Crippen molar-refractivity contribution in [3.05, 3.63) is 94.4 Å². The molecule has 1 atom stereocenters. The Morgan fingerprint density at radius 1 is 1.07 bits per heavy atom. The molecule has 1 aromatic heterocycles. The number of phenols is 1. The van der Waals surface area contributed by atoms with Crippen LogP contribution in [0.5, 0.6) is 5.75 Å². The molecule has 0 saturated carbocycles. The van der Waals surface area contributed by atoms with Gasteiger partial charge in [-0.05, 0) is 54.1 Å². The normalized spacial score (nSPS) is 18.4. The molecule has 1 unspecified atom stereocenters. The van der Waals surface area contributed by atoms with E-state index < -0.39 is 17.7 Å². The molecule has 2 heterocycles. The molecule has 29 heavy (non-hydrogen) atoms. The molecular weight excluding hydrogens is 394 g/mol. The van der Waals surface area contributed by atoms with Crippen LogP contribution in [-0.2, 0) is 16.1 Å². The zero-order valence-corrected chi connectivity index (χ0v) is 15.8. The SMILES string of the molecule is O=C1C(=O)N(Cc2ccco2)C(c2cccc(O)c2)/C1=C(\O)c1ccc(Cl)cc1. The third-order valence-corrected chi connectivity index (χ3v) is 5.00. The van der Waals surface area contributed by atoms with Crippen molar-refractivity contribution in [1.82, 2.24) is 4.90 Å². The van der Waals surface area contributed by atoms with Gasteiger partial charge in [0.15, 0.2) is 0 Å². The van der Waals surface area contributed by atoms with E-state index in [-0.39, 0.29) is 23.6 Å². The molecule has 7 heteroatoms. The number of aliphatic hydroxyl groups is 1. The maximum absolute atomic E-state index is 12.9.